The standard InChI is InChI=1S/C22H22N4O4S2/c1-14-4-3-5-19(15(14)2)26-13-16(12-20(26)27)21(28)24-17-6-8-18(9-7-17)32(29,30)25-22-23-10-11-31-22/h3-11,16H,12-13H2,1-2H3,(H,23,25)(H,24,28). The highest BCUT2D eigenvalue weighted by Crippen LogP contribution is 2.30. The van der Waals surface area contributed by atoms with Crippen molar-refractivity contribution in [3.05, 3.63) is 65.2 Å². The summed E-state index contributed by atoms with van der Waals surface area (Å²) in [5, 5.41) is 4.73. The highest BCUT2D eigenvalue weighted by atomic mass is 32.2. The fourth-order valence-electron chi connectivity index (χ4n) is 3.55. The first-order valence-corrected chi connectivity index (χ1v) is 12.3. The molecule has 0 aliphatic carbocycles. The quantitative estimate of drug-likeness (QED) is 0.573. The molecule has 8 nitrogen and oxygen atoms in total. The third-order valence-electron chi connectivity index (χ3n) is 5.45. The molecule has 1 aliphatic heterocycles. The van der Waals surface area contributed by atoms with Gasteiger partial charge in [0.2, 0.25) is 11.8 Å². The molecule has 1 fully saturated rings. The molecule has 1 unspecified atom stereocenters. The van der Waals surface area contributed by atoms with E-state index in [1.165, 1.54) is 41.8 Å². The van der Waals surface area contributed by atoms with Crippen molar-refractivity contribution >= 4 is 49.7 Å². The molecule has 166 valence electrons. The van der Waals surface area contributed by atoms with Crippen LogP contribution in [0.4, 0.5) is 16.5 Å². The number of anilines is 3. The van der Waals surface area contributed by atoms with E-state index in [0.717, 1.165) is 16.8 Å². The molecule has 0 saturated carbocycles. The largest absolute Gasteiger partial charge is 0.326 e. The predicted octanol–water partition coefficient (Wildman–Crippen LogP) is 3.55. The molecule has 1 atom stereocenters. The van der Waals surface area contributed by atoms with E-state index in [9.17, 15) is 18.0 Å². The molecule has 10 heteroatoms. The second kappa shape index (κ2) is 8.71. The molecule has 32 heavy (non-hydrogen) atoms. The van der Waals surface area contributed by atoms with Gasteiger partial charge in [-0.15, -0.1) is 11.3 Å². The van der Waals surface area contributed by atoms with E-state index in [1.807, 2.05) is 32.0 Å². The number of hydrogen-bond donors (Lipinski definition) is 2. The van der Waals surface area contributed by atoms with Crippen molar-refractivity contribution in [1.82, 2.24) is 4.98 Å². The summed E-state index contributed by atoms with van der Waals surface area (Å²) >= 11 is 1.18. The summed E-state index contributed by atoms with van der Waals surface area (Å²) in [5.74, 6) is -0.853. The lowest BCUT2D eigenvalue weighted by Gasteiger charge is -2.20. The van der Waals surface area contributed by atoms with Gasteiger partial charge in [0.05, 0.1) is 10.8 Å². The molecular formula is C22H22N4O4S2. The van der Waals surface area contributed by atoms with Gasteiger partial charge in [-0.2, -0.15) is 0 Å². The summed E-state index contributed by atoms with van der Waals surface area (Å²) in [6.45, 7) is 4.25. The maximum atomic E-state index is 12.8. The zero-order chi connectivity index (χ0) is 22.9. The van der Waals surface area contributed by atoms with Gasteiger partial charge in [-0.1, -0.05) is 12.1 Å². The number of carbonyl (C=O) groups is 2. The molecule has 2 heterocycles. The van der Waals surface area contributed by atoms with Gasteiger partial charge in [0.15, 0.2) is 5.13 Å². The normalized spacial score (nSPS) is 16.2. The zero-order valence-electron chi connectivity index (χ0n) is 17.5. The van der Waals surface area contributed by atoms with E-state index in [4.69, 9.17) is 0 Å². The van der Waals surface area contributed by atoms with Crippen LogP contribution in [0.2, 0.25) is 0 Å². The molecule has 0 bridgehead atoms. The van der Waals surface area contributed by atoms with E-state index >= 15 is 0 Å². The van der Waals surface area contributed by atoms with Gasteiger partial charge in [0, 0.05) is 35.9 Å². The summed E-state index contributed by atoms with van der Waals surface area (Å²) < 4.78 is 27.3. The lowest BCUT2D eigenvalue weighted by atomic mass is 10.1. The second-order valence-electron chi connectivity index (χ2n) is 7.58. The molecule has 2 amide bonds. The number of nitrogens with one attached hydrogen (secondary N) is 2. The van der Waals surface area contributed by atoms with Crippen molar-refractivity contribution in [3.8, 4) is 0 Å². The molecule has 3 aromatic rings. The molecule has 1 aromatic heterocycles. The maximum Gasteiger partial charge on any atom is 0.263 e. The van der Waals surface area contributed by atoms with Gasteiger partial charge in [-0.25, -0.2) is 13.4 Å². The number of benzene rings is 2. The van der Waals surface area contributed by atoms with Crippen LogP contribution >= 0.6 is 11.3 Å². The number of rotatable bonds is 6. The Kier molecular flexibility index (Phi) is 5.98. The Morgan fingerprint density at radius 1 is 1.16 bits per heavy atom. The second-order valence-corrected chi connectivity index (χ2v) is 10.2. The molecule has 0 spiro atoms. The SMILES string of the molecule is Cc1cccc(N2CC(C(=O)Nc3ccc(S(=O)(=O)Nc4nccs4)cc3)CC2=O)c1C. The van der Waals surface area contributed by atoms with Crippen LogP contribution in [0.1, 0.15) is 17.5 Å². The van der Waals surface area contributed by atoms with Gasteiger partial charge in [0.25, 0.3) is 10.0 Å². The zero-order valence-corrected chi connectivity index (χ0v) is 19.2. The summed E-state index contributed by atoms with van der Waals surface area (Å²) in [6, 6.07) is 11.6. The van der Waals surface area contributed by atoms with Crippen LogP contribution in [-0.2, 0) is 19.6 Å². The monoisotopic (exact) mass is 470 g/mol. The van der Waals surface area contributed by atoms with E-state index in [1.54, 1.807) is 10.3 Å². The highest BCUT2D eigenvalue weighted by molar-refractivity contribution is 7.93. The third kappa shape index (κ3) is 4.51. The van der Waals surface area contributed by atoms with Crippen molar-refractivity contribution in [2.24, 2.45) is 5.92 Å². The molecule has 4 rings (SSSR count). The van der Waals surface area contributed by atoms with E-state index in [-0.39, 0.29) is 28.3 Å². The number of aromatic nitrogens is 1. The number of thiazole rings is 1. The molecular weight excluding hydrogens is 448 g/mol. The van der Waals surface area contributed by atoms with Crippen LogP contribution < -0.4 is 14.9 Å². The first-order chi connectivity index (χ1) is 15.2. The Hall–Kier alpha value is -3.24. The highest BCUT2D eigenvalue weighted by Gasteiger charge is 2.35. The predicted molar refractivity (Wildman–Crippen MR) is 124 cm³/mol. The maximum absolute atomic E-state index is 12.8. The Morgan fingerprint density at radius 3 is 2.59 bits per heavy atom. The summed E-state index contributed by atoms with van der Waals surface area (Å²) in [5.41, 5.74) is 3.39. The third-order valence-corrected chi connectivity index (χ3v) is 7.62. The summed E-state index contributed by atoms with van der Waals surface area (Å²) in [4.78, 5) is 30.9. The average Bonchev–Trinajstić information content (AvgIpc) is 3.40. The van der Waals surface area contributed by atoms with Crippen molar-refractivity contribution in [1.29, 1.82) is 0 Å². The van der Waals surface area contributed by atoms with Crippen LogP contribution in [0.15, 0.2) is 58.9 Å². The Balaban J connectivity index is 1.42. The molecule has 2 aromatic carbocycles. The number of sulfonamides is 1. The number of carbonyl (C=O) groups excluding carboxylic acids is 2. The number of hydrogen-bond acceptors (Lipinski definition) is 6. The Labute approximate surface area is 190 Å². The van der Waals surface area contributed by atoms with E-state index in [2.05, 4.69) is 15.0 Å². The first-order valence-electron chi connectivity index (χ1n) is 9.94. The van der Waals surface area contributed by atoms with Gasteiger partial charge in [-0.05, 0) is 55.3 Å². The van der Waals surface area contributed by atoms with Crippen LogP contribution in [0.25, 0.3) is 0 Å². The minimum absolute atomic E-state index is 0.0582. The van der Waals surface area contributed by atoms with Crippen molar-refractivity contribution < 1.29 is 18.0 Å². The van der Waals surface area contributed by atoms with Gasteiger partial charge in [-0.3, -0.25) is 14.3 Å². The lowest BCUT2D eigenvalue weighted by molar-refractivity contribution is -0.122. The number of amides is 2. The molecule has 1 saturated heterocycles. The molecule has 2 N–H and O–H groups in total. The van der Waals surface area contributed by atoms with Gasteiger partial charge >= 0.3 is 0 Å². The summed E-state index contributed by atoms with van der Waals surface area (Å²) in [6.07, 6.45) is 1.64. The lowest BCUT2D eigenvalue weighted by Crippen LogP contribution is -2.28. The van der Waals surface area contributed by atoms with Crippen LogP contribution in [0.3, 0.4) is 0 Å². The topological polar surface area (TPSA) is 108 Å². The van der Waals surface area contributed by atoms with E-state index < -0.39 is 15.9 Å². The number of aryl methyl sites for hydroxylation is 1. The minimum atomic E-state index is -3.76. The first kappa shape index (κ1) is 22.0. The van der Waals surface area contributed by atoms with Gasteiger partial charge in [0.1, 0.15) is 0 Å². The fourth-order valence-corrected chi connectivity index (χ4v) is 5.34. The van der Waals surface area contributed by atoms with Gasteiger partial charge < -0.3 is 10.2 Å². The van der Waals surface area contributed by atoms with Crippen LogP contribution in [-0.4, -0.2) is 31.8 Å². The number of nitrogens with zero attached hydrogens (tertiary/aromatic N) is 2. The molecule has 0 radical (unpaired) electrons. The van der Waals surface area contributed by atoms with Crippen LogP contribution in [0, 0.1) is 19.8 Å². The summed E-state index contributed by atoms with van der Waals surface area (Å²) in [7, 11) is -3.76. The fraction of sp³-hybridized carbons (Fsp3) is 0.227. The minimum Gasteiger partial charge on any atom is -0.326 e. The Morgan fingerprint density at radius 2 is 1.91 bits per heavy atom. The Bertz CT molecular complexity index is 1260. The smallest absolute Gasteiger partial charge is 0.263 e. The van der Waals surface area contributed by atoms with Crippen molar-refractivity contribution in [2.45, 2.75) is 25.2 Å². The molecule has 1 aliphatic rings. The average molecular weight is 471 g/mol. The van der Waals surface area contributed by atoms with Crippen molar-refractivity contribution in [3.63, 3.8) is 0 Å². The van der Waals surface area contributed by atoms with Crippen LogP contribution in [0.5, 0.6) is 0 Å². The van der Waals surface area contributed by atoms with E-state index in [0.29, 0.717) is 12.2 Å². The van der Waals surface area contributed by atoms with Crippen molar-refractivity contribution in [2.75, 3.05) is 21.5 Å².